The second-order valence-corrected chi connectivity index (χ2v) is 3.45. The molecule has 0 aliphatic heterocycles. The van der Waals surface area contributed by atoms with Crippen molar-refractivity contribution in [3.8, 4) is 0 Å². The summed E-state index contributed by atoms with van der Waals surface area (Å²) in [7, 11) is 0. The van der Waals surface area contributed by atoms with Crippen molar-refractivity contribution in [1.29, 1.82) is 0 Å². The lowest BCUT2D eigenvalue weighted by Gasteiger charge is -1.99. The summed E-state index contributed by atoms with van der Waals surface area (Å²) < 4.78 is 0. The highest BCUT2D eigenvalue weighted by Crippen LogP contribution is 2.19. The predicted molar refractivity (Wildman–Crippen MR) is 59.7 cm³/mol. The van der Waals surface area contributed by atoms with E-state index in [0.29, 0.717) is 5.56 Å². The third kappa shape index (κ3) is 3.40. The molecule has 1 aromatic carbocycles. The number of aliphatic carboxylic acids is 1. The SMILES string of the molecule is O=C(O)CC=Cc1ccc(C(=O)O)cc1Cl. The number of benzene rings is 1. The molecule has 0 fully saturated rings. The highest BCUT2D eigenvalue weighted by atomic mass is 35.5. The van der Waals surface area contributed by atoms with E-state index in [4.69, 9.17) is 21.8 Å². The van der Waals surface area contributed by atoms with Gasteiger partial charge in [-0.3, -0.25) is 4.79 Å². The smallest absolute Gasteiger partial charge is 0.335 e. The maximum atomic E-state index is 10.6. The van der Waals surface area contributed by atoms with E-state index in [1.807, 2.05) is 0 Å². The van der Waals surface area contributed by atoms with Crippen LogP contribution < -0.4 is 0 Å². The average Bonchev–Trinajstić information content (AvgIpc) is 2.19. The quantitative estimate of drug-likeness (QED) is 0.848. The minimum absolute atomic E-state index is 0.0976. The van der Waals surface area contributed by atoms with E-state index >= 15 is 0 Å². The molecular formula is C11H9ClO4. The van der Waals surface area contributed by atoms with Crippen LogP contribution in [0.15, 0.2) is 24.3 Å². The molecule has 84 valence electrons. The van der Waals surface area contributed by atoms with Crippen molar-refractivity contribution < 1.29 is 19.8 Å². The number of carboxylic acids is 2. The Bertz CT molecular complexity index is 451. The van der Waals surface area contributed by atoms with Crippen LogP contribution in [0.2, 0.25) is 5.02 Å². The molecule has 2 N–H and O–H groups in total. The second kappa shape index (κ2) is 5.32. The lowest BCUT2D eigenvalue weighted by atomic mass is 10.1. The van der Waals surface area contributed by atoms with Gasteiger partial charge >= 0.3 is 11.9 Å². The number of halogens is 1. The molecule has 0 heterocycles. The van der Waals surface area contributed by atoms with Crippen LogP contribution in [0, 0.1) is 0 Å². The Balaban J connectivity index is 2.87. The molecule has 0 aliphatic rings. The van der Waals surface area contributed by atoms with Crippen LogP contribution in [-0.4, -0.2) is 22.2 Å². The van der Waals surface area contributed by atoms with Crippen LogP contribution in [0.1, 0.15) is 22.3 Å². The van der Waals surface area contributed by atoms with Gasteiger partial charge in [-0.2, -0.15) is 0 Å². The zero-order chi connectivity index (χ0) is 12.1. The van der Waals surface area contributed by atoms with Crippen LogP contribution in [0.3, 0.4) is 0 Å². The van der Waals surface area contributed by atoms with E-state index in [-0.39, 0.29) is 17.0 Å². The van der Waals surface area contributed by atoms with Gasteiger partial charge in [0.1, 0.15) is 0 Å². The Morgan fingerprint density at radius 2 is 2.00 bits per heavy atom. The first-order chi connectivity index (χ1) is 7.50. The maximum Gasteiger partial charge on any atom is 0.335 e. The summed E-state index contributed by atoms with van der Waals surface area (Å²) in [6, 6.07) is 4.27. The maximum absolute atomic E-state index is 10.6. The number of aromatic carboxylic acids is 1. The van der Waals surface area contributed by atoms with Crippen molar-refractivity contribution in [2.24, 2.45) is 0 Å². The lowest BCUT2D eigenvalue weighted by molar-refractivity contribution is -0.135. The first-order valence-corrected chi connectivity index (χ1v) is 4.79. The molecule has 5 heteroatoms. The van der Waals surface area contributed by atoms with Gasteiger partial charge in [0.25, 0.3) is 0 Å². The molecule has 0 saturated carbocycles. The lowest BCUT2D eigenvalue weighted by Crippen LogP contribution is -1.95. The van der Waals surface area contributed by atoms with Crippen molar-refractivity contribution in [2.75, 3.05) is 0 Å². The number of hydrogen-bond acceptors (Lipinski definition) is 2. The first kappa shape index (κ1) is 12.3. The van der Waals surface area contributed by atoms with Gasteiger partial charge in [-0.1, -0.05) is 29.8 Å². The number of carboxylic acid groups (broad SMARTS) is 2. The van der Waals surface area contributed by atoms with Gasteiger partial charge in [-0.25, -0.2) is 4.79 Å². The Labute approximate surface area is 96.8 Å². The van der Waals surface area contributed by atoms with Gasteiger partial charge in [-0.15, -0.1) is 0 Å². The van der Waals surface area contributed by atoms with Crippen molar-refractivity contribution in [1.82, 2.24) is 0 Å². The van der Waals surface area contributed by atoms with E-state index in [9.17, 15) is 9.59 Å². The van der Waals surface area contributed by atoms with Gasteiger partial charge in [0.2, 0.25) is 0 Å². The summed E-state index contributed by atoms with van der Waals surface area (Å²) in [5.74, 6) is -1.99. The Kier molecular flexibility index (Phi) is 4.08. The summed E-state index contributed by atoms with van der Waals surface area (Å²) in [5.41, 5.74) is 0.688. The highest BCUT2D eigenvalue weighted by Gasteiger charge is 2.05. The molecule has 0 saturated heterocycles. The minimum atomic E-state index is -1.05. The third-order valence-electron chi connectivity index (χ3n) is 1.84. The van der Waals surface area contributed by atoms with Crippen molar-refractivity contribution >= 4 is 29.6 Å². The van der Waals surface area contributed by atoms with E-state index in [2.05, 4.69) is 0 Å². The molecule has 0 aromatic heterocycles. The monoisotopic (exact) mass is 240 g/mol. The normalized spacial score (nSPS) is 10.6. The van der Waals surface area contributed by atoms with Gasteiger partial charge in [-0.05, 0) is 17.7 Å². The second-order valence-electron chi connectivity index (χ2n) is 3.04. The van der Waals surface area contributed by atoms with Crippen LogP contribution in [-0.2, 0) is 4.79 Å². The van der Waals surface area contributed by atoms with Crippen LogP contribution >= 0.6 is 11.6 Å². The summed E-state index contributed by atoms with van der Waals surface area (Å²) in [5, 5.41) is 17.4. The molecule has 0 aliphatic carbocycles. The zero-order valence-corrected chi connectivity index (χ0v) is 8.94. The Morgan fingerprint density at radius 3 is 2.50 bits per heavy atom. The molecule has 0 radical (unpaired) electrons. The highest BCUT2D eigenvalue weighted by molar-refractivity contribution is 6.32. The van der Waals surface area contributed by atoms with Crippen LogP contribution in [0.4, 0.5) is 0 Å². The first-order valence-electron chi connectivity index (χ1n) is 4.42. The number of carbonyl (C=O) groups is 2. The predicted octanol–water partition coefficient (Wildman–Crippen LogP) is 2.53. The summed E-state index contributed by atoms with van der Waals surface area (Å²) in [6.45, 7) is 0. The van der Waals surface area contributed by atoms with E-state index in [1.165, 1.54) is 24.3 Å². The summed E-state index contributed by atoms with van der Waals surface area (Å²) in [6.07, 6.45) is 2.89. The average molecular weight is 241 g/mol. The van der Waals surface area contributed by atoms with E-state index < -0.39 is 11.9 Å². The van der Waals surface area contributed by atoms with E-state index in [0.717, 1.165) is 0 Å². The fraction of sp³-hybridized carbons (Fsp3) is 0.0909. The molecule has 0 atom stereocenters. The van der Waals surface area contributed by atoms with Crippen LogP contribution in [0.25, 0.3) is 6.08 Å². The van der Waals surface area contributed by atoms with Gasteiger partial charge in [0.15, 0.2) is 0 Å². The number of rotatable bonds is 4. The molecule has 16 heavy (non-hydrogen) atoms. The largest absolute Gasteiger partial charge is 0.481 e. The summed E-state index contributed by atoms with van der Waals surface area (Å²) >= 11 is 5.83. The van der Waals surface area contributed by atoms with Gasteiger partial charge in [0, 0.05) is 5.02 Å². The zero-order valence-electron chi connectivity index (χ0n) is 8.18. The van der Waals surface area contributed by atoms with Crippen molar-refractivity contribution in [3.05, 3.63) is 40.4 Å². The molecular weight excluding hydrogens is 232 g/mol. The topological polar surface area (TPSA) is 74.6 Å². The molecule has 0 unspecified atom stereocenters. The van der Waals surface area contributed by atoms with Gasteiger partial charge < -0.3 is 10.2 Å². The van der Waals surface area contributed by atoms with Crippen molar-refractivity contribution in [2.45, 2.75) is 6.42 Å². The molecule has 4 nitrogen and oxygen atoms in total. The Morgan fingerprint density at radius 1 is 1.31 bits per heavy atom. The van der Waals surface area contributed by atoms with Gasteiger partial charge in [0.05, 0.1) is 12.0 Å². The summed E-state index contributed by atoms with van der Waals surface area (Å²) in [4.78, 5) is 20.9. The molecule has 1 aromatic rings. The standard InChI is InChI=1S/C11H9ClO4/c12-9-6-8(11(15)16)5-4-7(9)2-1-3-10(13)14/h1-2,4-6H,3H2,(H,13,14)(H,15,16). The van der Waals surface area contributed by atoms with Crippen LogP contribution in [0.5, 0.6) is 0 Å². The van der Waals surface area contributed by atoms with E-state index in [1.54, 1.807) is 6.08 Å². The molecule has 1 rings (SSSR count). The minimum Gasteiger partial charge on any atom is -0.481 e. The molecule has 0 amide bonds. The third-order valence-corrected chi connectivity index (χ3v) is 2.16. The number of hydrogen-bond donors (Lipinski definition) is 2. The molecule has 0 bridgehead atoms. The fourth-order valence-corrected chi connectivity index (χ4v) is 1.33. The van der Waals surface area contributed by atoms with Crippen molar-refractivity contribution in [3.63, 3.8) is 0 Å². The fourth-order valence-electron chi connectivity index (χ4n) is 1.08. The Hall–Kier alpha value is -1.81. The molecule has 0 spiro atoms.